The van der Waals surface area contributed by atoms with Crippen LogP contribution >= 0.6 is 0 Å². The van der Waals surface area contributed by atoms with Crippen LogP contribution in [0.5, 0.6) is 11.5 Å². The molecule has 5 aromatic rings. The third-order valence-electron chi connectivity index (χ3n) is 10.1. The number of benzene rings is 5. The van der Waals surface area contributed by atoms with Gasteiger partial charge in [-0.1, -0.05) is 37.8 Å². The Morgan fingerprint density at radius 3 is 2.07 bits per heavy atom. The maximum atomic E-state index is 14.2. The molecule has 0 heterocycles. The van der Waals surface area contributed by atoms with E-state index in [2.05, 4.69) is 5.32 Å². The second-order valence-corrected chi connectivity index (χ2v) is 12.8. The Kier molecular flexibility index (Phi) is 6.98. The van der Waals surface area contributed by atoms with Gasteiger partial charge in [-0.25, -0.2) is 0 Å². The highest BCUT2D eigenvalue weighted by atomic mass is 16.5. The van der Waals surface area contributed by atoms with Crippen molar-refractivity contribution in [1.29, 1.82) is 0 Å². The molecular formula is C37H37NO7. The van der Waals surface area contributed by atoms with Gasteiger partial charge < -0.3 is 25.4 Å². The van der Waals surface area contributed by atoms with Crippen LogP contribution < -0.4 is 20.9 Å². The van der Waals surface area contributed by atoms with E-state index in [1.54, 1.807) is 14.0 Å². The summed E-state index contributed by atoms with van der Waals surface area (Å²) >= 11 is 0. The fourth-order valence-corrected chi connectivity index (χ4v) is 8.43. The number of hydrogen-bond acceptors (Lipinski definition) is 8. The number of allylic oxidation sites excluding steroid dienone is 1. The topological polar surface area (TPSA) is 133 Å². The van der Waals surface area contributed by atoms with E-state index >= 15 is 0 Å². The van der Waals surface area contributed by atoms with Gasteiger partial charge in [0.15, 0.2) is 10.9 Å². The minimum absolute atomic E-state index is 0.108. The number of anilines is 1. The van der Waals surface area contributed by atoms with Crippen molar-refractivity contribution in [2.24, 2.45) is 0 Å². The van der Waals surface area contributed by atoms with Crippen LogP contribution in [-0.2, 0) is 24.4 Å². The van der Waals surface area contributed by atoms with Crippen LogP contribution in [0, 0.1) is 0 Å². The van der Waals surface area contributed by atoms with Gasteiger partial charge in [-0.2, -0.15) is 0 Å². The standard InChI is InChI=1S/C37H37NO7/c1-5-8-21-22-11-16(2)25(17(3)41)34-33-28(22)31-26(19(15-40)13-24(43)30(31)36(21)44)27-18(14-39)12-23(42)29(32(27)33)35(37(34)45-4)38-20-9-6-7-10-20/h11-13,20,25,38-40,44H,5-10,14-15H2,1-4H3. The molecule has 1 atom stereocenters. The molecule has 7 rings (SSSR count). The van der Waals surface area contributed by atoms with E-state index in [0.717, 1.165) is 31.3 Å². The first-order valence-corrected chi connectivity index (χ1v) is 15.8. The number of carbonyl (C=O) groups excluding carboxylic acids is 1. The number of nitrogens with one attached hydrogen (secondary N) is 1. The fraction of sp³-hybridized carbons (Fsp3) is 0.378. The maximum Gasteiger partial charge on any atom is 0.190 e. The molecule has 0 aliphatic heterocycles. The number of rotatable bonds is 8. The molecule has 1 fully saturated rings. The minimum Gasteiger partial charge on any atom is -0.507 e. The lowest BCUT2D eigenvalue weighted by molar-refractivity contribution is -0.117. The van der Waals surface area contributed by atoms with Gasteiger partial charge in [-0.3, -0.25) is 14.4 Å². The molecule has 2 aliphatic carbocycles. The number of methoxy groups -OCH3 is 1. The average Bonchev–Trinajstić information content (AvgIpc) is 3.48. The van der Waals surface area contributed by atoms with Gasteiger partial charge in [0.2, 0.25) is 0 Å². The Morgan fingerprint density at radius 1 is 0.911 bits per heavy atom. The Balaban J connectivity index is 1.92. The number of aliphatic hydroxyl groups excluding tert-OH is 2. The molecule has 0 bridgehead atoms. The van der Waals surface area contributed by atoms with Crippen LogP contribution in [-0.4, -0.2) is 34.3 Å². The molecule has 0 saturated heterocycles. The Morgan fingerprint density at radius 2 is 1.51 bits per heavy atom. The summed E-state index contributed by atoms with van der Waals surface area (Å²) in [4.78, 5) is 41.7. The van der Waals surface area contributed by atoms with Crippen LogP contribution in [0.2, 0.25) is 0 Å². The lowest BCUT2D eigenvalue weighted by Crippen LogP contribution is -2.20. The Hall–Kier alpha value is -4.27. The predicted octanol–water partition coefficient (Wildman–Crippen LogP) is 5.99. The van der Waals surface area contributed by atoms with Gasteiger partial charge in [0.1, 0.15) is 17.3 Å². The van der Waals surface area contributed by atoms with E-state index in [1.807, 2.05) is 19.9 Å². The monoisotopic (exact) mass is 607 g/mol. The van der Waals surface area contributed by atoms with Crippen LogP contribution in [0.4, 0.5) is 5.69 Å². The summed E-state index contributed by atoms with van der Waals surface area (Å²) in [7, 11) is 1.55. The zero-order valence-corrected chi connectivity index (χ0v) is 26.0. The first-order valence-electron chi connectivity index (χ1n) is 15.8. The smallest absolute Gasteiger partial charge is 0.190 e. The highest BCUT2D eigenvalue weighted by molar-refractivity contribution is 6.39. The third-order valence-corrected chi connectivity index (χ3v) is 10.1. The highest BCUT2D eigenvalue weighted by Crippen LogP contribution is 2.56. The molecule has 0 amide bonds. The summed E-state index contributed by atoms with van der Waals surface area (Å²) in [6, 6.07) is 2.87. The molecule has 0 radical (unpaired) electrons. The lowest BCUT2D eigenvalue weighted by atomic mass is 9.78. The molecule has 0 aromatic heterocycles. The fourth-order valence-electron chi connectivity index (χ4n) is 8.43. The molecule has 8 heteroatoms. The molecule has 1 saturated carbocycles. The van der Waals surface area contributed by atoms with Crippen LogP contribution in [0.1, 0.15) is 86.6 Å². The number of carbonyl (C=O) groups is 1. The molecule has 4 N–H and O–H groups in total. The number of hydrogen-bond donors (Lipinski definition) is 4. The summed E-state index contributed by atoms with van der Waals surface area (Å²) in [5, 5.41) is 40.6. The molecule has 8 nitrogen and oxygen atoms in total. The zero-order valence-electron chi connectivity index (χ0n) is 26.0. The normalized spacial score (nSPS) is 16.8. The summed E-state index contributed by atoms with van der Waals surface area (Å²) in [5.41, 5.74) is 3.11. The highest BCUT2D eigenvalue weighted by Gasteiger charge is 2.37. The van der Waals surface area contributed by atoms with Crippen molar-refractivity contribution in [3.63, 3.8) is 0 Å². The number of ether oxygens (including phenoxy) is 1. The van der Waals surface area contributed by atoms with Crippen molar-refractivity contribution in [1.82, 2.24) is 0 Å². The molecule has 0 spiro atoms. The molecule has 45 heavy (non-hydrogen) atoms. The van der Waals surface area contributed by atoms with Gasteiger partial charge in [-0.15, -0.1) is 0 Å². The van der Waals surface area contributed by atoms with E-state index < -0.39 is 24.6 Å². The van der Waals surface area contributed by atoms with E-state index in [0.29, 0.717) is 89.8 Å². The van der Waals surface area contributed by atoms with Gasteiger partial charge >= 0.3 is 0 Å². The molecule has 1 unspecified atom stereocenters. The molecule has 232 valence electrons. The van der Waals surface area contributed by atoms with E-state index in [1.165, 1.54) is 12.1 Å². The van der Waals surface area contributed by atoms with Crippen molar-refractivity contribution in [2.45, 2.75) is 84.5 Å². The van der Waals surface area contributed by atoms with E-state index in [-0.39, 0.29) is 28.4 Å². The largest absolute Gasteiger partial charge is 0.507 e. The average molecular weight is 608 g/mol. The van der Waals surface area contributed by atoms with Gasteiger partial charge in [0.05, 0.1) is 42.7 Å². The number of aromatic hydroxyl groups is 1. The van der Waals surface area contributed by atoms with E-state index in [4.69, 9.17) is 4.74 Å². The molecule has 5 aromatic carbocycles. The zero-order chi connectivity index (χ0) is 31.9. The second kappa shape index (κ2) is 10.7. The first kappa shape index (κ1) is 29.4. The molecule has 2 aliphatic rings. The summed E-state index contributed by atoms with van der Waals surface area (Å²) in [6.07, 6.45) is 7.08. The van der Waals surface area contributed by atoms with Crippen LogP contribution in [0.25, 0.3) is 49.2 Å². The minimum atomic E-state index is -0.738. The van der Waals surface area contributed by atoms with Gasteiger partial charge in [0.25, 0.3) is 0 Å². The second-order valence-electron chi connectivity index (χ2n) is 12.8. The van der Waals surface area contributed by atoms with Crippen molar-refractivity contribution in [2.75, 3.05) is 12.4 Å². The van der Waals surface area contributed by atoms with Crippen molar-refractivity contribution < 1.29 is 24.9 Å². The SMILES string of the molecule is CCCc1c(O)c2c(=O)cc(CO)c3c4c(CO)cc(=O)c5c(NC6CCCC6)c(OC)c6c(c(c1C=C(C)C6C(C)=O)c23)c54. The van der Waals surface area contributed by atoms with Crippen molar-refractivity contribution >= 4 is 60.6 Å². The van der Waals surface area contributed by atoms with E-state index in [9.17, 15) is 29.7 Å². The summed E-state index contributed by atoms with van der Waals surface area (Å²) in [6.45, 7) is 4.50. The predicted molar refractivity (Wildman–Crippen MR) is 178 cm³/mol. The number of aliphatic hydroxyl groups is 2. The first-order chi connectivity index (χ1) is 21.7. The maximum absolute atomic E-state index is 14.2. The quantitative estimate of drug-likeness (QED) is 0.125. The van der Waals surface area contributed by atoms with Crippen LogP contribution in [0.15, 0.2) is 27.3 Å². The number of phenols is 1. The number of Topliss-reactive ketones (excluding diaryl/α,β-unsaturated/α-hetero) is 1. The number of fused-ring (bicyclic) bond motifs is 1. The van der Waals surface area contributed by atoms with Gasteiger partial charge in [0, 0.05) is 27.9 Å². The van der Waals surface area contributed by atoms with Crippen molar-refractivity contribution in [3.8, 4) is 11.5 Å². The number of phenolic OH excluding ortho intramolecular Hbond substituents is 1. The van der Waals surface area contributed by atoms with Crippen molar-refractivity contribution in [3.05, 3.63) is 66.0 Å². The number of ketones is 1. The van der Waals surface area contributed by atoms with Crippen LogP contribution in [0.3, 0.4) is 0 Å². The molecular weight excluding hydrogens is 570 g/mol. The van der Waals surface area contributed by atoms with Gasteiger partial charge in [-0.05, 0) is 83.5 Å². The summed E-state index contributed by atoms with van der Waals surface area (Å²) in [5.74, 6) is -0.563. The Bertz CT molecular complexity index is 2210. The lowest BCUT2D eigenvalue weighted by Gasteiger charge is -2.28. The Labute approximate surface area is 259 Å². The third kappa shape index (κ3) is 3.95. The summed E-state index contributed by atoms with van der Waals surface area (Å²) < 4.78 is 6.19.